The van der Waals surface area contributed by atoms with Crippen LogP contribution >= 0.6 is 11.6 Å². The number of rotatable bonds is 2. The monoisotopic (exact) mass is 299 g/mol. The van der Waals surface area contributed by atoms with E-state index in [9.17, 15) is 13.2 Å². The van der Waals surface area contributed by atoms with Crippen LogP contribution in [0.1, 0.15) is 31.0 Å². The normalized spacial score (nSPS) is 11.9. The highest BCUT2D eigenvalue weighted by Gasteiger charge is 2.33. The van der Waals surface area contributed by atoms with Crippen molar-refractivity contribution in [2.45, 2.75) is 25.9 Å². The van der Waals surface area contributed by atoms with Crippen LogP contribution < -0.4 is 0 Å². The summed E-state index contributed by atoms with van der Waals surface area (Å²) in [5, 5.41) is -0.304. The SMILES string of the molecule is CC(C)c1cccc(-c2ccc(Cl)c(C(F)(F)F)c2)n1. The molecule has 2 rings (SSSR count). The predicted molar refractivity (Wildman–Crippen MR) is 73.8 cm³/mol. The molecule has 0 bridgehead atoms. The maximum atomic E-state index is 12.8. The fourth-order valence-corrected chi connectivity index (χ4v) is 2.06. The van der Waals surface area contributed by atoms with E-state index < -0.39 is 11.7 Å². The summed E-state index contributed by atoms with van der Waals surface area (Å²) >= 11 is 5.61. The van der Waals surface area contributed by atoms with Crippen molar-refractivity contribution < 1.29 is 13.2 Å². The first kappa shape index (κ1) is 14.9. The Morgan fingerprint density at radius 1 is 1.10 bits per heavy atom. The van der Waals surface area contributed by atoms with Crippen LogP contribution in [0.25, 0.3) is 11.3 Å². The van der Waals surface area contributed by atoms with Crippen LogP contribution in [0, 0.1) is 0 Å². The van der Waals surface area contributed by atoms with Crippen molar-refractivity contribution in [3.8, 4) is 11.3 Å². The number of benzene rings is 1. The van der Waals surface area contributed by atoms with Gasteiger partial charge < -0.3 is 0 Å². The van der Waals surface area contributed by atoms with Crippen molar-refractivity contribution in [2.24, 2.45) is 0 Å². The number of halogens is 4. The van der Waals surface area contributed by atoms with Gasteiger partial charge in [0.15, 0.2) is 0 Å². The zero-order chi connectivity index (χ0) is 14.9. The van der Waals surface area contributed by atoms with Gasteiger partial charge in [-0.3, -0.25) is 4.98 Å². The Bertz CT molecular complexity index is 621. The third-order valence-electron chi connectivity index (χ3n) is 2.93. The van der Waals surface area contributed by atoms with Crippen LogP contribution in [0.5, 0.6) is 0 Å². The number of pyridine rings is 1. The highest BCUT2D eigenvalue weighted by Crippen LogP contribution is 2.37. The van der Waals surface area contributed by atoms with Gasteiger partial charge in [-0.15, -0.1) is 0 Å². The van der Waals surface area contributed by atoms with E-state index in [-0.39, 0.29) is 10.9 Å². The average molecular weight is 300 g/mol. The van der Waals surface area contributed by atoms with E-state index in [0.717, 1.165) is 11.8 Å². The lowest BCUT2D eigenvalue weighted by Crippen LogP contribution is -2.06. The second-order valence-electron chi connectivity index (χ2n) is 4.79. The predicted octanol–water partition coefficient (Wildman–Crippen LogP) is 5.54. The highest BCUT2D eigenvalue weighted by atomic mass is 35.5. The van der Waals surface area contributed by atoms with E-state index in [1.165, 1.54) is 6.07 Å². The molecule has 0 fully saturated rings. The van der Waals surface area contributed by atoms with Gasteiger partial charge in [0.1, 0.15) is 0 Å². The molecule has 0 unspecified atom stereocenters. The zero-order valence-corrected chi connectivity index (χ0v) is 11.8. The first-order valence-electron chi connectivity index (χ1n) is 6.13. The summed E-state index contributed by atoms with van der Waals surface area (Å²) in [5.41, 5.74) is 0.919. The van der Waals surface area contributed by atoms with Crippen molar-refractivity contribution in [3.63, 3.8) is 0 Å². The number of alkyl halides is 3. The number of aromatic nitrogens is 1. The second-order valence-corrected chi connectivity index (χ2v) is 5.20. The van der Waals surface area contributed by atoms with Gasteiger partial charge in [-0.1, -0.05) is 37.6 Å². The first-order chi connectivity index (χ1) is 9.29. The van der Waals surface area contributed by atoms with Crippen LogP contribution in [-0.2, 0) is 6.18 Å². The van der Waals surface area contributed by atoms with Gasteiger partial charge >= 0.3 is 6.18 Å². The molecule has 2 aromatic rings. The van der Waals surface area contributed by atoms with E-state index in [4.69, 9.17) is 11.6 Å². The molecule has 0 N–H and O–H groups in total. The third kappa shape index (κ3) is 3.12. The van der Waals surface area contributed by atoms with Gasteiger partial charge in [0.05, 0.1) is 16.3 Å². The van der Waals surface area contributed by atoms with E-state index in [2.05, 4.69) is 4.98 Å². The molecule has 1 nitrogen and oxygen atoms in total. The number of hydrogen-bond acceptors (Lipinski definition) is 1. The van der Waals surface area contributed by atoms with Crippen molar-refractivity contribution in [1.29, 1.82) is 0 Å². The molecule has 0 saturated carbocycles. The minimum absolute atomic E-state index is 0.212. The van der Waals surface area contributed by atoms with E-state index >= 15 is 0 Å². The molecule has 1 heterocycles. The van der Waals surface area contributed by atoms with Crippen LogP contribution in [0.15, 0.2) is 36.4 Å². The van der Waals surface area contributed by atoms with Gasteiger partial charge in [-0.05, 0) is 30.2 Å². The third-order valence-corrected chi connectivity index (χ3v) is 3.26. The number of nitrogens with zero attached hydrogens (tertiary/aromatic N) is 1. The molecule has 20 heavy (non-hydrogen) atoms. The molecule has 5 heteroatoms. The molecule has 1 aromatic heterocycles. The van der Waals surface area contributed by atoms with Crippen LogP contribution in [0.3, 0.4) is 0 Å². The van der Waals surface area contributed by atoms with Crippen LogP contribution in [0.2, 0.25) is 5.02 Å². The fourth-order valence-electron chi connectivity index (χ4n) is 1.84. The summed E-state index contributed by atoms with van der Waals surface area (Å²) in [6.07, 6.45) is -4.47. The van der Waals surface area contributed by atoms with Crippen LogP contribution in [-0.4, -0.2) is 4.98 Å². The van der Waals surface area contributed by atoms with Gasteiger partial charge in [-0.2, -0.15) is 13.2 Å². The Hall–Kier alpha value is -1.55. The topological polar surface area (TPSA) is 12.9 Å². The molecular formula is C15H13ClF3N. The van der Waals surface area contributed by atoms with Crippen molar-refractivity contribution in [2.75, 3.05) is 0 Å². The smallest absolute Gasteiger partial charge is 0.253 e. The molecule has 0 spiro atoms. The summed E-state index contributed by atoms with van der Waals surface area (Å²) in [7, 11) is 0. The van der Waals surface area contributed by atoms with Gasteiger partial charge in [0.25, 0.3) is 0 Å². The Balaban J connectivity index is 2.51. The molecule has 0 aliphatic rings. The van der Waals surface area contributed by atoms with E-state index in [0.29, 0.717) is 11.3 Å². The lowest BCUT2D eigenvalue weighted by atomic mass is 10.0. The summed E-state index contributed by atoms with van der Waals surface area (Å²) in [6.45, 7) is 3.96. The van der Waals surface area contributed by atoms with Crippen molar-refractivity contribution >= 4 is 11.6 Å². The Labute approximate surface area is 120 Å². The molecule has 0 aliphatic heterocycles. The molecule has 0 amide bonds. The molecule has 0 atom stereocenters. The largest absolute Gasteiger partial charge is 0.417 e. The highest BCUT2D eigenvalue weighted by molar-refractivity contribution is 6.31. The standard InChI is InChI=1S/C15H13ClF3N/c1-9(2)13-4-3-5-14(20-13)10-6-7-12(16)11(8-10)15(17,18)19/h3-9H,1-2H3. The maximum Gasteiger partial charge on any atom is 0.417 e. The van der Waals surface area contributed by atoms with Gasteiger partial charge in [0.2, 0.25) is 0 Å². The second kappa shape index (κ2) is 5.44. The summed E-state index contributed by atoms with van der Waals surface area (Å²) in [5.74, 6) is 0.212. The minimum atomic E-state index is -4.47. The zero-order valence-electron chi connectivity index (χ0n) is 11.0. The average Bonchev–Trinajstić information content (AvgIpc) is 2.38. The Kier molecular flexibility index (Phi) is 4.04. The van der Waals surface area contributed by atoms with E-state index in [1.54, 1.807) is 18.2 Å². The molecule has 1 aromatic carbocycles. The molecule has 0 aliphatic carbocycles. The van der Waals surface area contributed by atoms with Crippen molar-refractivity contribution in [3.05, 3.63) is 52.7 Å². The summed E-state index contributed by atoms with van der Waals surface area (Å²) < 4.78 is 38.5. The Morgan fingerprint density at radius 3 is 2.40 bits per heavy atom. The first-order valence-corrected chi connectivity index (χ1v) is 6.51. The lowest BCUT2D eigenvalue weighted by molar-refractivity contribution is -0.137. The number of hydrogen-bond donors (Lipinski definition) is 0. The maximum absolute atomic E-state index is 12.8. The van der Waals surface area contributed by atoms with Crippen LogP contribution in [0.4, 0.5) is 13.2 Å². The molecule has 106 valence electrons. The Morgan fingerprint density at radius 2 is 1.80 bits per heavy atom. The quantitative estimate of drug-likeness (QED) is 0.709. The minimum Gasteiger partial charge on any atom is -0.253 e. The lowest BCUT2D eigenvalue weighted by Gasteiger charge is -2.12. The van der Waals surface area contributed by atoms with E-state index in [1.807, 2.05) is 19.9 Å². The molecule has 0 radical (unpaired) electrons. The van der Waals surface area contributed by atoms with Crippen molar-refractivity contribution in [1.82, 2.24) is 4.98 Å². The molecule has 0 saturated heterocycles. The summed E-state index contributed by atoms with van der Waals surface area (Å²) in [6, 6.07) is 9.17. The van der Waals surface area contributed by atoms with Gasteiger partial charge in [0, 0.05) is 11.3 Å². The fraction of sp³-hybridized carbons (Fsp3) is 0.267. The van der Waals surface area contributed by atoms with Gasteiger partial charge in [-0.25, -0.2) is 0 Å². The molecular weight excluding hydrogens is 287 g/mol. The summed E-state index contributed by atoms with van der Waals surface area (Å²) in [4.78, 5) is 4.38.